The number of rotatable bonds is 10. The Labute approximate surface area is 220 Å². The molecular weight excluding hydrogens is 484 g/mol. The third kappa shape index (κ3) is 6.34. The molecule has 0 aromatic heterocycles. The fourth-order valence-electron chi connectivity index (χ4n) is 4.79. The van der Waals surface area contributed by atoms with Crippen molar-refractivity contribution in [1.29, 1.82) is 0 Å². The molecule has 0 fully saturated rings. The van der Waals surface area contributed by atoms with Gasteiger partial charge in [-0.2, -0.15) is 0 Å². The Bertz CT molecular complexity index is 1320. The molecule has 0 aliphatic heterocycles. The van der Waals surface area contributed by atoms with Gasteiger partial charge in [-0.3, -0.25) is 9.10 Å². The van der Waals surface area contributed by atoms with Gasteiger partial charge >= 0.3 is 0 Å². The standard InChI is InChI=1S/C30H36N2O4S/c1-4-29(25-13-12-23-8-6-7-9-24(23)20-25)31-30(33)21-32(26-14-10-22(3)11-15-26)37(34,35)28-18-16-27(17-19-28)36-5-2/h10-20,29H,4-9,21H2,1-3H3,(H,31,33)/t29-/m0/s1. The summed E-state index contributed by atoms with van der Waals surface area (Å²) in [5.41, 5.74) is 5.26. The van der Waals surface area contributed by atoms with Crippen LogP contribution in [0.5, 0.6) is 5.75 Å². The molecule has 0 spiro atoms. The lowest BCUT2D eigenvalue weighted by molar-refractivity contribution is -0.120. The zero-order valence-electron chi connectivity index (χ0n) is 21.9. The van der Waals surface area contributed by atoms with Gasteiger partial charge < -0.3 is 10.1 Å². The second-order valence-corrected chi connectivity index (χ2v) is 11.4. The number of hydrogen-bond donors (Lipinski definition) is 1. The second-order valence-electron chi connectivity index (χ2n) is 9.52. The first-order valence-electron chi connectivity index (χ1n) is 13.0. The smallest absolute Gasteiger partial charge is 0.264 e. The van der Waals surface area contributed by atoms with Crippen molar-refractivity contribution in [1.82, 2.24) is 5.32 Å². The molecule has 0 unspecified atom stereocenters. The topological polar surface area (TPSA) is 75.7 Å². The van der Waals surface area contributed by atoms with E-state index in [9.17, 15) is 13.2 Å². The SMILES string of the molecule is CCOc1ccc(S(=O)(=O)N(CC(=O)N[C@@H](CC)c2ccc3c(c2)CCCC3)c2ccc(C)cc2)cc1. The highest BCUT2D eigenvalue weighted by Crippen LogP contribution is 2.28. The largest absolute Gasteiger partial charge is 0.494 e. The summed E-state index contributed by atoms with van der Waals surface area (Å²) < 4.78 is 34.1. The van der Waals surface area contributed by atoms with Crippen molar-refractivity contribution < 1.29 is 17.9 Å². The maximum atomic E-state index is 13.7. The Kier molecular flexibility index (Phi) is 8.54. The summed E-state index contributed by atoms with van der Waals surface area (Å²) in [5.74, 6) is 0.247. The summed E-state index contributed by atoms with van der Waals surface area (Å²) in [6, 6.07) is 19.7. The predicted molar refractivity (Wildman–Crippen MR) is 148 cm³/mol. The number of hydrogen-bond acceptors (Lipinski definition) is 4. The third-order valence-corrected chi connectivity index (χ3v) is 8.64. The molecule has 0 saturated carbocycles. The molecule has 0 bridgehead atoms. The van der Waals surface area contributed by atoms with Gasteiger partial charge in [0.2, 0.25) is 5.91 Å². The minimum atomic E-state index is -4.00. The van der Waals surface area contributed by atoms with E-state index >= 15 is 0 Å². The Hall–Kier alpha value is -3.32. The van der Waals surface area contributed by atoms with E-state index in [1.165, 1.54) is 40.4 Å². The number of carbonyl (C=O) groups excluding carboxylic acids is 1. The van der Waals surface area contributed by atoms with Crippen LogP contribution in [0.15, 0.2) is 71.6 Å². The highest BCUT2D eigenvalue weighted by Gasteiger charge is 2.28. The van der Waals surface area contributed by atoms with Gasteiger partial charge in [0, 0.05) is 0 Å². The minimum Gasteiger partial charge on any atom is -0.494 e. The Balaban J connectivity index is 1.58. The highest BCUT2D eigenvalue weighted by atomic mass is 32.2. The van der Waals surface area contributed by atoms with Crippen molar-refractivity contribution >= 4 is 21.6 Å². The van der Waals surface area contributed by atoms with Gasteiger partial charge in [0.1, 0.15) is 12.3 Å². The Morgan fingerprint density at radius 1 is 0.946 bits per heavy atom. The van der Waals surface area contributed by atoms with Crippen LogP contribution in [0.1, 0.15) is 61.4 Å². The van der Waals surface area contributed by atoms with E-state index in [1.54, 1.807) is 24.3 Å². The quantitative estimate of drug-likeness (QED) is 0.370. The molecule has 6 nitrogen and oxygen atoms in total. The average molecular weight is 521 g/mol. The first-order valence-corrected chi connectivity index (χ1v) is 14.5. The van der Waals surface area contributed by atoms with Crippen molar-refractivity contribution in [2.24, 2.45) is 0 Å². The van der Waals surface area contributed by atoms with E-state index in [1.807, 2.05) is 32.9 Å². The van der Waals surface area contributed by atoms with Crippen LogP contribution in [0.25, 0.3) is 0 Å². The molecule has 3 aromatic carbocycles. The Morgan fingerprint density at radius 2 is 1.62 bits per heavy atom. The number of sulfonamides is 1. The van der Waals surface area contributed by atoms with Crippen LogP contribution in [0.3, 0.4) is 0 Å². The summed E-state index contributed by atoms with van der Waals surface area (Å²) >= 11 is 0. The van der Waals surface area contributed by atoms with E-state index in [2.05, 4.69) is 23.5 Å². The molecule has 0 heterocycles. The average Bonchev–Trinajstić information content (AvgIpc) is 2.91. The summed E-state index contributed by atoms with van der Waals surface area (Å²) in [6.07, 6.45) is 5.29. The van der Waals surface area contributed by atoms with E-state index < -0.39 is 10.0 Å². The van der Waals surface area contributed by atoms with Crippen LogP contribution < -0.4 is 14.4 Å². The number of nitrogens with zero attached hydrogens (tertiary/aromatic N) is 1. The van der Waals surface area contributed by atoms with Crippen LogP contribution in [0.2, 0.25) is 0 Å². The number of carbonyl (C=O) groups is 1. The molecule has 196 valence electrons. The number of benzene rings is 3. The summed E-state index contributed by atoms with van der Waals surface area (Å²) in [6.45, 7) is 6.01. The minimum absolute atomic E-state index is 0.103. The maximum absolute atomic E-state index is 13.7. The van der Waals surface area contributed by atoms with Gasteiger partial charge in [0.15, 0.2) is 0 Å². The molecule has 37 heavy (non-hydrogen) atoms. The number of nitrogens with one attached hydrogen (secondary N) is 1. The number of anilines is 1. The van der Waals surface area contributed by atoms with E-state index in [4.69, 9.17) is 4.74 Å². The molecule has 0 saturated heterocycles. The zero-order chi connectivity index (χ0) is 26.4. The van der Waals surface area contributed by atoms with Gasteiger partial charge in [-0.15, -0.1) is 0 Å². The summed E-state index contributed by atoms with van der Waals surface area (Å²) in [4.78, 5) is 13.4. The lowest BCUT2D eigenvalue weighted by atomic mass is 9.89. The zero-order valence-corrected chi connectivity index (χ0v) is 22.7. The molecule has 7 heteroatoms. The van der Waals surface area contributed by atoms with Gasteiger partial charge in [-0.25, -0.2) is 8.42 Å². The summed E-state index contributed by atoms with van der Waals surface area (Å²) in [7, 11) is -4.00. The highest BCUT2D eigenvalue weighted by molar-refractivity contribution is 7.92. The van der Waals surface area contributed by atoms with Gasteiger partial charge in [-0.05, 0) is 99.0 Å². The monoisotopic (exact) mass is 520 g/mol. The molecule has 1 aliphatic rings. The molecule has 1 atom stereocenters. The van der Waals surface area contributed by atoms with E-state index in [0.717, 1.165) is 24.0 Å². The summed E-state index contributed by atoms with van der Waals surface area (Å²) in [5, 5.41) is 3.09. The number of amides is 1. The lowest BCUT2D eigenvalue weighted by Crippen LogP contribution is -2.42. The van der Waals surface area contributed by atoms with Crippen LogP contribution in [-0.4, -0.2) is 27.5 Å². The van der Waals surface area contributed by atoms with Crippen LogP contribution in [0.4, 0.5) is 5.69 Å². The van der Waals surface area contributed by atoms with Gasteiger partial charge in [0.25, 0.3) is 10.0 Å². The van der Waals surface area contributed by atoms with Crippen LogP contribution in [0, 0.1) is 6.92 Å². The molecule has 3 aromatic rings. The molecule has 0 radical (unpaired) electrons. The molecule has 1 aliphatic carbocycles. The number of aryl methyl sites for hydroxylation is 3. The number of ether oxygens (including phenoxy) is 1. The van der Waals surface area contributed by atoms with Crippen molar-refractivity contribution in [2.45, 2.75) is 63.8 Å². The van der Waals surface area contributed by atoms with Crippen molar-refractivity contribution in [3.05, 3.63) is 89.0 Å². The first-order chi connectivity index (χ1) is 17.8. The van der Waals surface area contributed by atoms with Gasteiger partial charge in [0.05, 0.1) is 23.2 Å². The second kappa shape index (κ2) is 11.8. The van der Waals surface area contributed by atoms with Crippen molar-refractivity contribution in [3.63, 3.8) is 0 Å². The normalized spacial score (nSPS) is 13.9. The predicted octanol–water partition coefficient (Wildman–Crippen LogP) is 5.74. The maximum Gasteiger partial charge on any atom is 0.264 e. The molecule has 1 amide bonds. The lowest BCUT2D eigenvalue weighted by Gasteiger charge is -2.26. The van der Waals surface area contributed by atoms with Crippen molar-refractivity contribution in [2.75, 3.05) is 17.5 Å². The van der Waals surface area contributed by atoms with Gasteiger partial charge in [-0.1, -0.05) is 42.8 Å². The van der Waals surface area contributed by atoms with E-state index in [0.29, 0.717) is 24.5 Å². The fraction of sp³-hybridized carbons (Fsp3) is 0.367. The third-order valence-electron chi connectivity index (χ3n) is 6.85. The molecule has 1 N–H and O–H groups in total. The first kappa shape index (κ1) is 26.7. The molecular formula is C30H36N2O4S. The Morgan fingerprint density at radius 3 is 2.27 bits per heavy atom. The number of fused-ring (bicyclic) bond motifs is 1. The van der Waals surface area contributed by atoms with Crippen LogP contribution >= 0.6 is 0 Å². The van der Waals surface area contributed by atoms with Crippen LogP contribution in [-0.2, 0) is 27.7 Å². The fourth-order valence-corrected chi connectivity index (χ4v) is 6.21. The van der Waals surface area contributed by atoms with Crippen molar-refractivity contribution in [3.8, 4) is 5.75 Å². The molecule has 4 rings (SSSR count). The van der Waals surface area contributed by atoms with E-state index in [-0.39, 0.29) is 23.4 Å².